The second-order valence-electron chi connectivity index (χ2n) is 7.51. The topological polar surface area (TPSA) is 97.5 Å². The molecule has 0 saturated carbocycles. The van der Waals surface area contributed by atoms with E-state index in [0.29, 0.717) is 12.3 Å². The van der Waals surface area contributed by atoms with Gasteiger partial charge in [-0.05, 0) is 63.2 Å². The molecule has 1 atom stereocenters. The highest BCUT2D eigenvalue weighted by molar-refractivity contribution is 5.39. The van der Waals surface area contributed by atoms with Crippen molar-refractivity contribution in [1.82, 2.24) is 34.5 Å². The predicted molar refractivity (Wildman–Crippen MR) is 105 cm³/mol. The molecule has 0 aliphatic carbocycles. The number of hydrogen-bond acceptors (Lipinski definition) is 7. The first-order valence-corrected chi connectivity index (χ1v) is 9.86. The van der Waals surface area contributed by atoms with Crippen molar-refractivity contribution < 1.29 is 9.52 Å². The minimum atomic E-state index is -0.604. The molecule has 150 valence electrons. The highest BCUT2D eigenvalue weighted by Gasteiger charge is 2.27. The van der Waals surface area contributed by atoms with Gasteiger partial charge >= 0.3 is 0 Å². The Labute approximate surface area is 167 Å². The van der Waals surface area contributed by atoms with Crippen molar-refractivity contribution in [2.24, 2.45) is 0 Å². The molecule has 29 heavy (non-hydrogen) atoms. The summed E-state index contributed by atoms with van der Waals surface area (Å²) < 4.78 is 9.10. The number of aryl methyl sites for hydroxylation is 1. The summed E-state index contributed by atoms with van der Waals surface area (Å²) in [5.41, 5.74) is 0.738. The lowest BCUT2D eigenvalue weighted by atomic mass is 9.96. The number of aliphatic hydroxyl groups is 1. The van der Waals surface area contributed by atoms with Crippen LogP contribution in [0.2, 0.25) is 0 Å². The van der Waals surface area contributed by atoms with Crippen molar-refractivity contribution in [2.75, 3.05) is 19.6 Å². The van der Waals surface area contributed by atoms with Gasteiger partial charge in [0.1, 0.15) is 17.6 Å². The Morgan fingerprint density at radius 3 is 2.76 bits per heavy atom. The van der Waals surface area contributed by atoms with Crippen LogP contribution in [0.3, 0.4) is 0 Å². The van der Waals surface area contributed by atoms with E-state index in [9.17, 15) is 5.11 Å². The van der Waals surface area contributed by atoms with E-state index >= 15 is 0 Å². The highest BCUT2D eigenvalue weighted by Crippen LogP contribution is 2.28. The number of aromatic nitrogens is 6. The molecule has 0 amide bonds. The van der Waals surface area contributed by atoms with E-state index in [1.165, 1.54) is 0 Å². The predicted octanol–water partition coefficient (Wildman–Crippen LogP) is 2.12. The summed E-state index contributed by atoms with van der Waals surface area (Å²) in [6.07, 6.45) is 4.87. The van der Waals surface area contributed by atoms with E-state index < -0.39 is 6.10 Å². The molecule has 9 heteroatoms. The zero-order valence-electron chi connectivity index (χ0n) is 16.2. The van der Waals surface area contributed by atoms with E-state index in [4.69, 9.17) is 4.42 Å². The third-order valence-electron chi connectivity index (χ3n) is 5.49. The normalized spacial score (nSPS) is 17.2. The monoisotopic (exact) mass is 393 g/mol. The first-order chi connectivity index (χ1) is 14.2. The van der Waals surface area contributed by atoms with Crippen molar-refractivity contribution in [3.8, 4) is 5.82 Å². The lowest BCUT2D eigenvalue weighted by molar-refractivity contribution is 0.0803. The maximum Gasteiger partial charge on any atom is 0.178 e. The summed E-state index contributed by atoms with van der Waals surface area (Å²) in [5.74, 6) is 3.35. The molecule has 0 radical (unpaired) electrons. The van der Waals surface area contributed by atoms with E-state index in [1.807, 2.05) is 48.0 Å². The molecule has 5 rings (SSSR count). The number of hydrogen-bond donors (Lipinski definition) is 1. The molecule has 1 unspecified atom stereocenters. The molecule has 4 aromatic rings. The van der Waals surface area contributed by atoms with Gasteiger partial charge in [-0.2, -0.15) is 9.61 Å². The summed E-state index contributed by atoms with van der Waals surface area (Å²) in [4.78, 5) is 2.27. The summed E-state index contributed by atoms with van der Waals surface area (Å²) >= 11 is 0. The highest BCUT2D eigenvalue weighted by atomic mass is 16.4. The standard InChI is InChI=1S/C20H23N7O2/c1-14-3-4-17(29-14)16(28)13-25-11-7-15(8-12-25)20-23-22-18-5-6-19(24-27(18)20)26-10-2-9-21-26/h2-6,9-10,15-16,28H,7-8,11-13H2,1H3. The second kappa shape index (κ2) is 7.41. The number of β-amino-alcohol motifs (C(OH)–C–C–N with tert-alkyl or cyclic N) is 1. The average Bonchev–Trinajstić information content (AvgIpc) is 3.49. The maximum absolute atomic E-state index is 10.4. The van der Waals surface area contributed by atoms with Gasteiger partial charge in [0.2, 0.25) is 0 Å². The number of likely N-dealkylation sites (tertiary alicyclic amines) is 1. The molecule has 1 aliphatic heterocycles. The van der Waals surface area contributed by atoms with Crippen LogP contribution in [-0.4, -0.2) is 59.2 Å². The number of fused-ring (bicyclic) bond motifs is 1. The number of rotatable bonds is 5. The fourth-order valence-electron chi connectivity index (χ4n) is 3.92. The number of nitrogens with zero attached hydrogens (tertiary/aromatic N) is 7. The molecule has 5 heterocycles. The van der Waals surface area contributed by atoms with Crippen LogP contribution in [0.5, 0.6) is 0 Å². The van der Waals surface area contributed by atoms with E-state index in [1.54, 1.807) is 10.9 Å². The molecule has 9 nitrogen and oxygen atoms in total. The average molecular weight is 393 g/mol. The van der Waals surface area contributed by atoms with Crippen LogP contribution >= 0.6 is 0 Å². The molecule has 1 saturated heterocycles. The molecule has 4 aromatic heterocycles. The zero-order valence-corrected chi connectivity index (χ0v) is 16.2. The molecular weight excluding hydrogens is 370 g/mol. The van der Waals surface area contributed by atoms with Gasteiger partial charge in [-0.1, -0.05) is 0 Å². The van der Waals surface area contributed by atoms with Gasteiger partial charge in [0, 0.05) is 24.9 Å². The number of piperidine rings is 1. The smallest absolute Gasteiger partial charge is 0.178 e. The van der Waals surface area contributed by atoms with Gasteiger partial charge in [-0.3, -0.25) is 0 Å². The molecular formula is C20H23N7O2. The van der Waals surface area contributed by atoms with E-state index in [0.717, 1.165) is 49.0 Å². The lowest BCUT2D eigenvalue weighted by Gasteiger charge is -2.31. The van der Waals surface area contributed by atoms with Crippen LogP contribution in [0, 0.1) is 6.92 Å². The minimum Gasteiger partial charge on any atom is -0.464 e. The molecule has 1 fully saturated rings. The van der Waals surface area contributed by atoms with Gasteiger partial charge < -0.3 is 14.4 Å². The zero-order chi connectivity index (χ0) is 19.8. The number of furan rings is 1. The first kappa shape index (κ1) is 18.0. The van der Waals surface area contributed by atoms with Gasteiger partial charge in [0.05, 0.1) is 0 Å². The fourth-order valence-corrected chi connectivity index (χ4v) is 3.92. The summed E-state index contributed by atoms with van der Waals surface area (Å²) in [6, 6.07) is 9.40. The van der Waals surface area contributed by atoms with Crippen molar-refractivity contribution in [3.05, 3.63) is 60.1 Å². The van der Waals surface area contributed by atoms with Crippen molar-refractivity contribution in [3.63, 3.8) is 0 Å². The van der Waals surface area contributed by atoms with Crippen LogP contribution < -0.4 is 0 Å². The van der Waals surface area contributed by atoms with Crippen molar-refractivity contribution in [2.45, 2.75) is 31.8 Å². The molecule has 0 spiro atoms. The quantitative estimate of drug-likeness (QED) is 0.555. The van der Waals surface area contributed by atoms with Crippen molar-refractivity contribution >= 4 is 5.65 Å². The maximum atomic E-state index is 10.4. The summed E-state index contributed by atoms with van der Waals surface area (Å²) in [5, 5.41) is 28.0. The van der Waals surface area contributed by atoms with Gasteiger partial charge in [-0.15, -0.1) is 15.3 Å². The minimum absolute atomic E-state index is 0.282. The molecule has 0 bridgehead atoms. The van der Waals surface area contributed by atoms with E-state index in [2.05, 4.69) is 25.3 Å². The molecule has 1 N–H and O–H groups in total. The Morgan fingerprint density at radius 1 is 1.17 bits per heavy atom. The SMILES string of the molecule is Cc1ccc(C(O)CN2CCC(c3nnc4ccc(-n5cccn5)nn34)CC2)o1. The second-order valence-corrected chi connectivity index (χ2v) is 7.51. The van der Waals surface area contributed by atoms with Crippen LogP contribution in [0.15, 0.2) is 47.1 Å². The van der Waals surface area contributed by atoms with Gasteiger partial charge in [0.15, 0.2) is 17.3 Å². The Balaban J connectivity index is 1.28. The largest absolute Gasteiger partial charge is 0.464 e. The molecule has 0 aromatic carbocycles. The Bertz CT molecular complexity index is 1090. The molecule has 1 aliphatic rings. The van der Waals surface area contributed by atoms with E-state index in [-0.39, 0.29) is 5.92 Å². The van der Waals surface area contributed by atoms with Gasteiger partial charge in [0.25, 0.3) is 0 Å². The Kier molecular flexibility index (Phi) is 4.61. The van der Waals surface area contributed by atoms with Gasteiger partial charge in [-0.25, -0.2) is 4.68 Å². The van der Waals surface area contributed by atoms with Crippen LogP contribution in [0.25, 0.3) is 11.5 Å². The van der Waals surface area contributed by atoms with Crippen LogP contribution in [0.4, 0.5) is 0 Å². The van der Waals surface area contributed by atoms with Crippen LogP contribution in [-0.2, 0) is 0 Å². The fraction of sp³-hybridized carbons (Fsp3) is 0.400. The van der Waals surface area contributed by atoms with Crippen molar-refractivity contribution in [1.29, 1.82) is 0 Å². The van der Waals surface area contributed by atoms with Crippen LogP contribution in [0.1, 0.15) is 42.2 Å². The summed E-state index contributed by atoms with van der Waals surface area (Å²) in [6.45, 7) is 4.22. The Morgan fingerprint density at radius 2 is 2.03 bits per heavy atom. The Hall–Kier alpha value is -3.04. The lowest BCUT2D eigenvalue weighted by Crippen LogP contribution is -2.36. The summed E-state index contributed by atoms with van der Waals surface area (Å²) in [7, 11) is 0. The first-order valence-electron chi connectivity index (χ1n) is 9.86. The number of aliphatic hydroxyl groups excluding tert-OH is 1. The third kappa shape index (κ3) is 3.54. The third-order valence-corrected chi connectivity index (χ3v) is 5.49.